The van der Waals surface area contributed by atoms with Crippen LogP contribution in [0.15, 0.2) is 48.2 Å². The minimum absolute atomic E-state index is 0.0367. The molecule has 2 aliphatic rings. The first-order chi connectivity index (χ1) is 11.6. The van der Waals surface area contributed by atoms with Gasteiger partial charge in [0.2, 0.25) is 0 Å². The van der Waals surface area contributed by atoms with Gasteiger partial charge in [-0.3, -0.25) is 14.9 Å². The van der Waals surface area contributed by atoms with Gasteiger partial charge in [-0.05, 0) is 18.2 Å². The van der Waals surface area contributed by atoms with Gasteiger partial charge in [-0.1, -0.05) is 24.3 Å². The van der Waals surface area contributed by atoms with Gasteiger partial charge in [0, 0.05) is 29.4 Å². The van der Waals surface area contributed by atoms with Crippen molar-refractivity contribution in [3.8, 4) is 0 Å². The predicted octanol–water partition coefficient (Wildman–Crippen LogP) is 1.42. The lowest BCUT2D eigenvalue weighted by atomic mass is 9.96. The Morgan fingerprint density at radius 3 is 2.79 bits per heavy atom. The molecule has 1 unspecified atom stereocenters. The maximum absolute atomic E-state index is 11.6. The summed E-state index contributed by atoms with van der Waals surface area (Å²) in [5, 5.41) is 12.8. The van der Waals surface area contributed by atoms with E-state index in [1.807, 2.05) is 24.3 Å². The second-order valence-corrected chi connectivity index (χ2v) is 5.45. The molecule has 6 nitrogen and oxygen atoms in total. The number of benzene rings is 1. The number of ether oxygens (including phenoxy) is 2. The van der Waals surface area contributed by atoms with Crippen molar-refractivity contribution in [2.75, 3.05) is 6.61 Å². The number of hydrogen-bond donors (Lipinski definition) is 0. The summed E-state index contributed by atoms with van der Waals surface area (Å²) in [5.74, 6) is 0.436. The van der Waals surface area contributed by atoms with Crippen LogP contribution in [0.5, 0.6) is 0 Å². The summed E-state index contributed by atoms with van der Waals surface area (Å²) in [6, 6.07) is 7.58. The van der Waals surface area contributed by atoms with Crippen molar-refractivity contribution in [1.82, 2.24) is 0 Å². The number of allylic oxidation sites excluding steroid dienone is 1. The lowest BCUT2D eigenvalue weighted by Gasteiger charge is -2.25. The highest BCUT2D eigenvalue weighted by molar-refractivity contribution is 5.72. The molecule has 1 atom stereocenters. The van der Waals surface area contributed by atoms with E-state index >= 15 is 0 Å². The van der Waals surface area contributed by atoms with E-state index in [4.69, 9.17) is 9.47 Å². The highest BCUT2D eigenvalue weighted by Gasteiger charge is 2.26. The first kappa shape index (κ1) is 16.0. The number of carbonyl (C=O) groups is 1. The molecule has 3 rings (SSSR count). The van der Waals surface area contributed by atoms with Crippen LogP contribution in [0, 0.1) is 10.1 Å². The normalized spacial score (nSPS) is 18.2. The van der Waals surface area contributed by atoms with Crippen LogP contribution in [-0.4, -0.2) is 23.6 Å². The molecule has 1 aliphatic heterocycles. The topological polar surface area (TPSA) is 78.7 Å². The first-order valence-corrected chi connectivity index (χ1v) is 7.79. The molecule has 0 saturated carbocycles. The van der Waals surface area contributed by atoms with Gasteiger partial charge in [-0.25, -0.2) is 0 Å². The molecule has 0 amide bonds. The first-order valence-electron chi connectivity index (χ1n) is 7.79. The minimum Gasteiger partial charge on any atom is -0.485 e. The van der Waals surface area contributed by atoms with E-state index in [0.29, 0.717) is 18.8 Å². The summed E-state index contributed by atoms with van der Waals surface area (Å²) in [5.41, 5.74) is 0.800. The van der Waals surface area contributed by atoms with E-state index in [-0.39, 0.29) is 24.2 Å². The van der Waals surface area contributed by atoms with Crippen LogP contribution >= 0.6 is 0 Å². The van der Waals surface area contributed by atoms with Crippen LogP contribution in [0.1, 0.15) is 19.8 Å². The molecule has 1 aromatic carbocycles. The standard InChI is InChI=1S/C18H17NO5/c1-2-23-18(20)10-9-16-14-6-4-3-5-13(14)15-11-12(19(21)22)7-8-17(15)24-16/h3-8,11,17H,2,9-10H2,1H3. The van der Waals surface area contributed by atoms with Gasteiger partial charge >= 0.3 is 5.97 Å². The Morgan fingerprint density at radius 1 is 1.33 bits per heavy atom. The van der Waals surface area contributed by atoms with Gasteiger partial charge in [0.15, 0.2) is 0 Å². The molecule has 6 heteroatoms. The van der Waals surface area contributed by atoms with E-state index in [2.05, 4.69) is 0 Å². The zero-order chi connectivity index (χ0) is 17.1. The molecular weight excluding hydrogens is 310 g/mol. The molecule has 1 aliphatic carbocycles. The fourth-order valence-electron chi connectivity index (χ4n) is 2.86. The summed E-state index contributed by atoms with van der Waals surface area (Å²) < 4.78 is 10.9. The van der Waals surface area contributed by atoms with Crippen LogP contribution in [0.4, 0.5) is 0 Å². The average Bonchev–Trinajstić information content (AvgIpc) is 2.59. The van der Waals surface area contributed by atoms with Crippen molar-refractivity contribution < 1.29 is 19.2 Å². The molecule has 0 saturated heterocycles. The third kappa shape index (κ3) is 3.08. The molecule has 24 heavy (non-hydrogen) atoms. The highest BCUT2D eigenvalue weighted by Crippen LogP contribution is 2.25. The minimum atomic E-state index is -0.414. The van der Waals surface area contributed by atoms with E-state index in [0.717, 1.165) is 16.0 Å². The largest absolute Gasteiger partial charge is 0.485 e. The molecule has 0 fully saturated rings. The van der Waals surface area contributed by atoms with Crippen molar-refractivity contribution in [2.24, 2.45) is 0 Å². The fraction of sp³-hybridized carbons (Fsp3) is 0.278. The van der Waals surface area contributed by atoms with Gasteiger partial charge in [0.25, 0.3) is 5.70 Å². The molecule has 1 heterocycles. The van der Waals surface area contributed by atoms with Crippen LogP contribution in [0.2, 0.25) is 0 Å². The van der Waals surface area contributed by atoms with Gasteiger partial charge in [0.1, 0.15) is 11.9 Å². The number of nitrogens with zero attached hydrogens (tertiary/aromatic N) is 1. The molecular formula is C18H17NO5. The summed E-state index contributed by atoms with van der Waals surface area (Å²) in [7, 11) is 0. The maximum atomic E-state index is 11.6. The average molecular weight is 327 g/mol. The third-order valence-corrected chi connectivity index (χ3v) is 3.93. The van der Waals surface area contributed by atoms with E-state index in [1.165, 1.54) is 6.08 Å². The Labute approximate surface area is 138 Å². The lowest BCUT2D eigenvalue weighted by Crippen LogP contribution is -2.38. The smallest absolute Gasteiger partial charge is 0.306 e. The number of esters is 1. The van der Waals surface area contributed by atoms with Gasteiger partial charge in [-0.15, -0.1) is 0 Å². The van der Waals surface area contributed by atoms with E-state index in [1.54, 1.807) is 19.1 Å². The van der Waals surface area contributed by atoms with E-state index < -0.39 is 4.92 Å². The number of fused-ring (bicyclic) bond motifs is 2. The molecule has 0 bridgehead atoms. The lowest BCUT2D eigenvalue weighted by molar-refractivity contribution is -0.419. The fourth-order valence-corrected chi connectivity index (χ4v) is 2.86. The Hall–Kier alpha value is -2.89. The summed E-state index contributed by atoms with van der Waals surface area (Å²) >= 11 is 0. The molecule has 0 spiro atoms. The maximum Gasteiger partial charge on any atom is 0.306 e. The van der Waals surface area contributed by atoms with Gasteiger partial charge < -0.3 is 9.47 Å². The van der Waals surface area contributed by atoms with Crippen LogP contribution in [-0.2, 0) is 14.3 Å². The summed E-state index contributed by atoms with van der Waals surface area (Å²) in [6.45, 7) is 2.12. The molecule has 0 aromatic heterocycles. The van der Waals surface area contributed by atoms with Crippen LogP contribution in [0.25, 0.3) is 11.3 Å². The van der Waals surface area contributed by atoms with Crippen molar-refractivity contribution in [3.05, 3.63) is 68.7 Å². The highest BCUT2D eigenvalue weighted by atomic mass is 16.6. The molecule has 124 valence electrons. The quantitative estimate of drug-likeness (QED) is 0.464. The number of rotatable bonds is 5. The SMILES string of the molecule is CCOC(=O)CCC1=c2ccccc2=C2C=C([N+](=O)[O-])C=CC2O1. The Balaban J connectivity index is 2.04. The van der Waals surface area contributed by atoms with Crippen LogP contribution in [0.3, 0.4) is 0 Å². The zero-order valence-corrected chi connectivity index (χ0v) is 13.2. The number of carbonyl (C=O) groups excluding carboxylic acids is 1. The van der Waals surface area contributed by atoms with E-state index in [9.17, 15) is 14.9 Å². The van der Waals surface area contributed by atoms with Crippen molar-refractivity contribution in [3.63, 3.8) is 0 Å². The van der Waals surface area contributed by atoms with Gasteiger partial charge in [-0.2, -0.15) is 0 Å². The van der Waals surface area contributed by atoms with Crippen LogP contribution < -0.4 is 10.4 Å². The third-order valence-electron chi connectivity index (χ3n) is 3.93. The monoisotopic (exact) mass is 327 g/mol. The molecule has 1 aromatic rings. The summed E-state index contributed by atoms with van der Waals surface area (Å²) in [6.07, 6.45) is 4.96. The predicted molar refractivity (Wildman–Crippen MR) is 87.5 cm³/mol. The Kier molecular flexibility index (Phi) is 4.46. The summed E-state index contributed by atoms with van der Waals surface area (Å²) in [4.78, 5) is 22.2. The second kappa shape index (κ2) is 6.70. The zero-order valence-electron chi connectivity index (χ0n) is 13.2. The Bertz CT molecular complexity index is 866. The molecule has 0 N–H and O–H groups in total. The molecule has 0 radical (unpaired) electrons. The van der Waals surface area contributed by atoms with Gasteiger partial charge in [0.05, 0.1) is 18.0 Å². The number of nitro groups is 1. The Morgan fingerprint density at radius 2 is 2.08 bits per heavy atom. The van der Waals surface area contributed by atoms with Crippen molar-refractivity contribution >= 4 is 17.3 Å². The second-order valence-electron chi connectivity index (χ2n) is 5.45. The van der Waals surface area contributed by atoms with Crippen molar-refractivity contribution in [2.45, 2.75) is 25.9 Å². The number of hydrogen-bond acceptors (Lipinski definition) is 5. The van der Waals surface area contributed by atoms with Crippen molar-refractivity contribution in [1.29, 1.82) is 0 Å².